The molecule has 2 heterocycles. The lowest BCUT2D eigenvalue weighted by Crippen LogP contribution is -2.21. The lowest BCUT2D eigenvalue weighted by atomic mass is 10.3. The number of nitrogens with zero attached hydrogens (tertiary/aromatic N) is 3. The minimum absolute atomic E-state index is 0.689. The predicted octanol–water partition coefficient (Wildman–Crippen LogP) is 2.19. The maximum absolute atomic E-state index is 5.04. The zero-order valence-corrected chi connectivity index (χ0v) is 11.0. The van der Waals surface area contributed by atoms with Gasteiger partial charge in [0.1, 0.15) is 17.1 Å². The number of hydrogen-bond donors (Lipinski definition) is 0. The molecular formula is C11H15N3O2S. The van der Waals surface area contributed by atoms with Crippen molar-refractivity contribution in [2.75, 3.05) is 32.2 Å². The highest BCUT2D eigenvalue weighted by atomic mass is 32.1. The Morgan fingerprint density at radius 3 is 2.94 bits per heavy atom. The van der Waals surface area contributed by atoms with Gasteiger partial charge in [0.15, 0.2) is 5.13 Å². The Hall–Kier alpha value is -1.40. The Morgan fingerprint density at radius 2 is 2.29 bits per heavy atom. The Bertz CT molecular complexity index is 481. The molecule has 0 fully saturated rings. The van der Waals surface area contributed by atoms with Gasteiger partial charge in [-0.2, -0.15) is 0 Å². The van der Waals surface area contributed by atoms with Gasteiger partial charge in [-0.25, -0.2) is 4.98 Å². The number of aryl methyl sites for hydroxylation is 1. The zero-order chi connectivity index (χ0) is 12.3. The van der Waals surface area contributed by atoms with Crippen molar-refractivity contribution in [3.05, 3.63) is 17.2 Å². The third-order valence-electron chi connectivity index (χ3n) is 2.34. The van der Waals surface area contributed by atoms with Crippen molar-refractivity contribution >= 4 is 16.5 Å². The molecule has 0 N–H and O–H groups in total. The number of hydrogen-bond acceptors (Lipinski definition) is 6. The number of anilines is 1. The molecule has 0 bridgehead atoms. The van der Waals surface area contributed by atoms with Crippen LogP contribution in [0.25, 0.3) is 11.4 Å². The molecule has 0 aliphatic carbocycles. The number of methoxy groups -OCH3 is 1. The summed E-state index contributed by atoms with van der Waals surface area (Å²) in [6, 6.07) is 1.88. The Morgan fingerprint density at radius 1 is 1.47 bits per heavy atom. The van der Waals surface area contributed by atoms with E-state index in [1.54, 1.807) is 18.4 Å². The van der Waals surface area contributed by atoms with Crippen molar-refractivity contribution in [2.45, 2.75) is 6.92 Å². The molecule has 2 rings (SSSR count). The third kappa shape index (κ3) is 2.83. The highest BCUT2D eigenvalue weighted by Gasteiger charge is 2.11. The van der Waals surface area contributed by atoms with Gasteiger partial charge in [0.2, 0.25) is 0 Å². The quantitative estimate of drug-likeness (QED) is 0.817. The largest absolute Gasteiger partial charge is 0.383 e. The molecule has 0 atom stereocenters. The van der Waals surface area contributed by atoms with Crippen LogP contribution < -0.4 is 4.90 Å². The third-order valence-corrected chi connectivity index (χ3v) is 3.29. The molecule has 2 aromatic heterocycles. The van der Waals surface area contributed by atoms with Crippen LogP contribution in [-0.2, 0) is 4.74 Å². The van der Waals surface area contributed by atoms with Gasteiger partial charge in [0.25, 0.3) is 0 Å². The van der Waals surface area contributed by atoms with Crippen LogP contribution >= 0.6 is 11.3 Å². The number of rotatable bonds is 5. The summed E-state index contributed by atoms with van der Waals surface area (Å²) in [4.78, 5) is 6.57. The van der Waals surface area contributed by atoms with Gasteiger partial charge in [0.05, 0.1) is 6.61 Å². The van der Waals surface area contributed by atoms with E-state index in [4.69, 9.17) is 9.26 Å². The van der Waals surface area contributed by atoms with Gasteiger partial charge in [-0.1, -0.05) is 5.16 Å². The number of ether oxygens (including phenoxy) is 1. The fraction of sp³-hybridized carbons (Fsp3) is 0.455. The van der Waals surface area contributed by atoms with Gasteiger partial charge < -0.3 is 14.2 Å². The van der Waals surface area contributed by atoms with Crippen molar-refractivity contribution < 1.29 is 9.26 Å². The second-order valence-electron chi connectivity index (χ2n) is 3.75. The molecule has 0 amide bonds. The number of likely N-dealkylation sites (N-methyl/N-ethyl adjacent to an activating group) is 1. The molecule has 0 aliphatic heterocycles. The van der Waals surface area contributed by atoms with E-state index in [-0.39, 0.29) is 0 Å². The molecule has 0 aliphatic rings. The average molecular weight is 253 g/mol. The summed E-state index contributed by atoms with van der Waals surface area (Å²) in [6.07, 6.45) is 0. The maximum atomic E-state index is 5.04. The van der Waals surface area contributed by atoms with E-state index in [1.165, 1.54) is 0 Å². The first-order valence-electron chi connectivity index (χ1n) is 5.30. The van der Waals surface area contributed by atoms with E-state index in [0.717, 1.165) is 28.8 Å². The minimum atomic E-state index is 0.689. The lowest BCUT2D eigenvalue weighted by molar-refractivity contribution is 0.206. The molecule has 17 heavy (non-hydrogen) atoms. The summed E-state index contributed by atoms with van der Waals surface area (Å²) in [5, 5.41) is 6.89. The van der Waals surface area contributed by atoms with Crippen LogP contribution in [0, 0.1) is 6.92 Å². The summed E-state index contributed by atoms with van der Waals surface area (Å²) >= 11 is 1.59. The van der Waals surface area contributed by atoms with Crippen LogP contribution in [0.5, 0.6) is 0 Å². The summed E-state index contributed by atoms with van der Waals surface area (Å²) in [5.74, 6) is 0.794. The fourth-order valence-corrected chi connectivity index (χ4v) is 2.18. The van der Waals surface area contributed by atoms with Crippen molar-refractivity contribution in [1.82, 2.24) is 10.1 Å². The van der Waals surface area contributed by atoms with E-state index >= 15 is 0 Å². The molecular weight excluding hydrogens is 238 g/mol. The second kappa shape index (κ2) is 5.29. The van der Waals surface area contributed by atoms with Gasteiger partial charge in [-0.3, -0.25) is 0 Å². The van der Waals surface area contributed by atoms with Crippen molar-refractivity contribution in [2.24, 2.45) is 0 Å². The first-order valence-corrected chi connectivity index (χ1v) is 6.18. The monoisotopic (exact) mass is 253 g/mol. The minimum Gasteiger partial charge on any atom is -0.383 e. The fourth-order valence-electron chi connectivity index (χ4n) is 1.37. The molecule has 2 aromatic rings. The molecule has 0 saturated carbocycles. The molecule has 92 valence electrons. The highest BCUT2D eigenvalue weighted by molar-refractivity contribution is 7.14. The van der Waals surface area contributed by atoms with E-state index in [2.05, 4.69) is 15.0 Å². The normalized spacial score (nSPS) is 10.8. The smallest absolute Gasteiger partial charge is 0.185 e. The number of thiazole rings is 1. The molecule has 0 unspecified atom stereocenters. The van der Waals surface area contributed by atoms with E-state index < -0.39 is 0 Å². The van der Waals surface area contributed by atoms with Crippen LogP contribution in [0.2, 0.25) is 0 Å². The van der Waals surface area contributed by atoms with Crippen LogP contribution in [0.3, 0.4) is 0 Å². The van der Waals surface area contributed by atoms with E-state index in [9.17, 15) is 0 Å². The Labute approximate surface area is 104 Å². The SMILES string of the molecule is COCCN(C)c1nc(-c2cc(C)on2)cs1. The molecule has 5 nitrogen and oxygen atoms in total. The molecule has 0 radical (unpaired) electrons. The van der Waals surface area contributed by atoms with E-state index in [0.29, 0.717) is 6.61 Å². The van der Waals surface area contributed by atoms with Crippen molar-refractivity contribution in [3.8, 4) is 11.4 Å². The Balaban J connectivity index is 2.10. The molecule has 0 spiro atoms. The van der Waals surface area contributed by atoms with Crippen molar-refractivity contribution in [3.63, 3.8) is 0 Å². The summed E-state index contributed by atoms with van der Waals surface area (Å²) in [5.41, 5.74) is 1.64. The number of aromatic nitrogens is 2. The van der Waals surface area contributed by atoms with Gasteiger partial charge in [0, 0.05) is 32.1 Å². The summed E-state index contributed by atoms with van der Waals surface area (Å²) in [7, 11) is 3.69. The van der Waals surface area contributed by atoms with E-state index in [1.807, 2.05) is 25.4 Å². The summed E-state index contributed by atoms with van der Waals surface area (Å²) in [6.45, 7) is 3.38. The predicted molar refractivity (Wildman–Crippen MR) is 67.5 cm³/mol. The highest BCUT2D eigenvalue weighted by Crippen LogP contribution is 2.26. The van der Waals surface area contributed by atoms with Gasteiger partial charge in [-0.05, 0) is 6.92 Å². The molecule has 0 aromatic carbocycles. The standard InChI is InChI=1S/C11H15N3O2S/c1-8-6-9(13-16-8)10-7-17-11(12-10)14(2)4-5-15-3/h6-7H,4-5H2,1-3H3. The zero-order valence-electron chi connectivity index (χ0n) is 10.1. The first-order chi connectivity index (χ1) is 8.20. The maximum Gasteiger partial charge on any atom is 0.185 e. The average Bonchev–Trinajstić information content (AvgIpc) is 2.93. The van der Waals surface area contributed by atoms with Gasteiger partial charge in [-0.15, -0.1) is 11.3 Å². The van der Waals surface area contributed by atoms with Crippen LogP contribution in [-0.4, -0.2) is 37.4 Å². The summed E-state index contributed by atoms with van der Waals surface area (Å²) < 4.78 is 10.1. The van der Waals surface area contributed by atoms with Gasteiger partial charge >= 0.3 is 0 Å². The first kappa shape index (κ1) is 12.1. The Kier molecular flexibility index (Phi) is 3.75. The van der Waals surface area contributed by atoms with Crippen LogP contribution in [0.1, 0.15) is 5.76 Å². The lowest BCUT2D eigenvalue weighted by Gasteiger charge is -2.14. The topological polar surface area (TPSA) is 51.4 Å². The molecule has 6 heteroatoms. The molecule has 0 saturated heterocycles. The van der Waals surface area contributed by atoms with Crippen molar-refractivity contribution in [1.29, 1.82) is 0 Å². The van der Waals surface area contributed by atoms with Crippen LogP contribution in [0.4, 0.5) is 5.13 Å². The second-order valence-corrected chi connectivity index (χ2v) is 4.59. The van der Waals surface area contributed by atoms with Crippen LogP contribution in [0.15, 0.2) is 16.0 Å².